The number of rotatable bonds is 9. The van der Waals surface area contributed by atoms with Crippen LogP contribution in [0.5, 0.6) is 5.75 Å². The molecule has 0 unspecified atom stereocenters. The number of ether oxygens (including phenoxy) is 2. The van der Waals surface area contributed by atoms with Crippen molar-refractivity contribution in [2.75, 3.05) is 19.0 Å². The van der Waals surface area contributed by atoms with Gasteiger partial charge in [0, 0.05) is 23.8 Å². The number of hydrogen-bond donors (Lipinski definition) is 2. The summed E-state index contributed by atoms with van der Waals surface area (Å²) in [5, 5.41) is 5.52. The first-order valence-electron chi connectivity index (χ1n) is 9.16. The number of methoxy groups -OCH3 is 1. The second kappa shape index (κ2) is 10.6. The van der Waals surface area contributed by atoms with E-state index >= 15 is 0 Å². The normalized spacial score (nSPS) is 10.5. The molecule has 3 aromatic rings. The molecule has 0 aliphatic heterocycles. The summed E-state index contributed by atoms with van der Waals surface area (Å²) < 4.78 is 16.9. The van der Waals surface area contributed by atoms with Gasteiger partial charge in [-0.3, -0.25) is 9.59 Å². The van der Waals surface area contributed by atoms with Gasteiger partial charge in [0.15, 0.2) is 5.76 Å². The van der Waals surface area contributed by atoms with Gasteiger partial charge in [-0.25, -0.2) is 0 Å². The van der Waals surface area contributed by atoms with Crippen LogP contribution in [-0.4, -0.2) is 25.5 Å². The predicted molar refractivity (Wildman–Crippen MR) is 115 cm³/mol. The molecule has 2 amide bonds. The fraction of sp³-hybridized carbons (Fsp3) is 0.182. The number of nitrogens with one attached hydrogen (secondary N) is 2. The molecule has 2 aromatic carbocycles. The van der Waals surface area contributed by atoms with E-state index in [9.17, 15) is 9.59 Å². The second-order valence-electron chi connectivity index (χ2n) is 6.38. The predicted octanol–water partition coefficient (Wildman–Crippen LogP) is 4.14. The SMILES string of the molecule is COCC(=O)Nc1cccc(CNC(=O)c2ccc(COc3cccc(Br)c3)o2)c1. The van der Waals surface area contributed by atoms with Gasteiger partial charge in [0.05, 0.1) is 0 Å². The van der Waals surface area contributed by atoms with Crippen LogP contribution in [0.15, 0.2) is 69.6 Å². The molecule has 0 saturated carbocycles. The van der Waals surface area contributed by atoms with Gasteiger partial charge in [-0.2, -0.15) is 0 Å². The molecule has 0 bridgehead atoms. The van der Waals surface area contributed by atoms with Crippen molar-refractivity contribution in [3.8, 4) is 5.75 Å². The number of anilines is 1. The number of benzene rings is 2. The van der Waals surface area contributed by atoms with E-state index in [4.69, 9.17) is 13.9 Å². The van der Waals surface area contributed by atoms with Crippen molar-refractivity contribution in [3.05, 3.63) is 82.2 Å². The molecule has 7 nitrogen and oxygen atoms in total. The van der Waals surface area contributed by atoms with Gasteiger partial charge in [0.2, 0.25) is 5.91 Å². The maximum absolute atomic E-state index is 12.4. The van der Waals surface area contributed by atoms with Gasteiger partial charge in [-0.1, -0.05) is 34.1 Å². The minimum Gasteiger partial charge on any atom is -0.486 e. The van der Waals surface area contributed by atoms with Gasteiger partial charge in [-0.15, -0.1) is 0 Å². The Bertz CT molecular complexity index is 1020. The molecular weight excluding hydrogens is 452 g/mol. The van der Waals surface area contributed by atoms with Gasteiger partial charge < -0.3 is 24.5 Å². The molecule has 8 heteroatoms. The summed E-state index contributed by atoms with van der Waals surface area (Å²) in [6.45, 7) is 0.484. The van der Waals surface area contributed by atoms with E-state index in [1.54, 1.807) is 30.3 Å². The maximum atomic E-state index is 12.4. The molecule has 1 aromatic heterocycles. The van der Waals surface area contributed by atoms with E-state index in [0.717, 1.165) is 10.0 Å². The van der Waals surface area contributed by atoms with Crippen molar-refractivity contribution in [1.82, 2.24) is 5.32 Å². The minimum absolute atomic E-state index is 0.0208. The average molecular weight is 473 g/mol. The lowest BCUT2D eigenvalue weighted by molar-refractivity contribution is -0.119. The highest BCUT2D eigenvalue weighted by molar-refractivity contribution is 9.10. The average Bonchev–Trinajstić information content (AvgIpc) is 3.20. The van der Waals surface area contributed by atoms with E-state index in [1.807, 2.05) is 30.3 Å². The first-order chi connectivity index (χ1) is 14.5. The van der Waals surface area contributed by atoms with Crippen molar-refractivity contribution >= 4 is 33.4 Å². The van der Waals surface area contributed by atoms with Crippen LogP contribution in [0.2, 0.25) is 0 Å². The van der Waals surface area contributed by atoms with Gasteiger partial charge in [0.1, 0.15) is 24.7 Å². The lowest BCUT2D eigenvalue weighted by Crippen LogP contribution is -2.22. The fourth-order valence-electron chi connectivity index (χ4n) is 2.65. The third-order valence-electron chi connectivity index (χ3n) is 4.00. The third-order valence-corrected chi connectivity index (χ3v) is 4.50. The summed E-state index contributed by atoms with van der Waals surface area (Å²) in [5.41, 5.74) is 1.47. The van der Waals surface area contributed by atoms with Crippen molar-refractivity contribution in [2.45, 2.75) is 13.2 Å². The summed E-state index contributed by atoms with van der Waals surface area (Å²) in [6, 6.07) is 18.0. The molecule has 30 heavy (non-hydrogen) atoms. The zero-order chi connectivity index (χ0) is 21.3. The largest absolute Gasteiger partial charge is 0.486 e. The molecule has 2 N–H and O–H groups in total. The number of carbonyl (C=O) groups excluding carboxylic acids is 2. The van der Waals surface area contributed by atoms with E-state index < -0.39 is 0 Å². The quantitative estimate of drug-likeness (QED) is 0.488. The molecule has 3 rings (SSSR count). The topological polar surface area (TPSA) is 89.8 Å². The van der Waals surface area contributed by atoms with E-state index in [-0.39, 0.29) is 37.3 Å². The Morgan fingerprint density at radius 3 is 2.70 bits per heavy atom. The van der Waals surface area contributed by atoms with Crippen molar-refractivity contribution in [3.63, 3.8) is 0 Å². The summed E-state index contributed by atoms with van der Waals surface area (Å²) in [7, 11) is 1.46. The van der Waals surface area contributed by atoms with Gasteiger partial charge in [-0.05, 0) is 48.0 Å². The fourth-order valence-corrected chi connectivity index (χ4v) is 3.02. The Balaban J connectivity index is 1.51. The third kappa shape index (κ3) is 6.47. The summed E-state index contributed by atoms with van der Waals surface area (Å²) in [4.78, 5) is 24.0. The molecule has 0 atom stereocenters. The first kappa shape index (κ1) is 21.6. The van der Waals surface area contributed by atoms with Crippen LogP contribution in [0.25, 0.3) is 0 Å². The Labute approximate surface area is 182 Å². The van der Waals surface area contributed by atoms with Crippen molar-refractivity contribution in [1.29, 1.82) is 0 Å². The molecule has 0 saturated heterocycles. The Hall–Kier alpha value is -3.10. The monoisotopic (exact) mass is 472 g/mol. The zero-order valence-electron chi connectivity index (χ0n) is 16.3. The van der Waals surface area contributed by atoms with E-state index in [2.05, 4.69) is 26.6 Å². The first-order valence-corrected chi connectivity index (χ1v) is 9.96. The van der Waals surface area contributed by atoms with Crippen molar-refractivity contribution < 1.29 is 23.5 Å². The maximum Gasteiger partial charge on any atom is 0.287 e. The highest BCUT2D eigenvalue weighted by atomic mass is 79.9. The summed E-state index contributed by atoms with van der Waals surface area (Å²) in [5.74, 6) is 0.865. The van der Waals surface area contributed by atoms with Gasteiger partial charge >= 0.3 is 0 Å². The highest BCUT2D eigenvalue weighted by Crippen LogP contribution is 2.19. The van der Waals surface area contributed by atoms with Crippen LogP contribution >= 0.6 is 15.9 Å². The summed E-state index contributed by atoms with van der Waals surface area (Å²) >= 11 is 3.39. The lowest BCUT2D eigenvalue weighted by Gasteiger charge is -2.08. The molecular formula is C22H21BrN2O5. The highest BCUT2D eigenvalue weighted by Gasteiger charge is 2.12. The summed E-state index contributed by atoms with van der Waals surface area (Å²) in [6.07, 6.45) is 0. The molecule has 0 aliphatic carbocycles. The second-order valence-corrected chi connectivity index (χ2v) is 7.29. The molecule has 0 fully saturated rings. The minimum atomic E-state index is -0.336. The molecule has 0 radical (unpaired) electrons. The molecule has 156 valence electrons. The van der Waals surface area contributed by atoms with E-state index in [1.165, 1.54) is 7.11 Å². The Morgan fingerprint density at radius 1 is 1.07 bits per heavy atom. The van der Waals surface area contributed by atoms with Gasteiger partial charge in [0.25, 0.3) is 5.91 Å². The van der Waals surface area contributed by atoms with Crippen LogP contribution in [0.3, 0.4) is 0 Å². The van der Waals surface area contributed by atoms with Crippen molar-refractivity contribution in [2.24, 2.45) is 0 Å². The van der Waals surface area contributed by atoms with Crippen LogP contribution in [0, 0.1) is 0 Å². The van der Waals surface area contributed by atoms with Crippen LogP contribution in [-0.2, 0) is 22.7 Å². The Kier molecular flexibility index (Phi) is 7.64. The molecule has 1 heterocycles. The molecule has 0 spiro atoms. The number of amides is 2. The lowest BCUT2D eigenvalue weighted by atomic mass is 10.2. The number of carbonyl (C=O) groups is 2. The Morgan fingerprint density at radius 2 is 1.90 bits per heavy atom. The number of halogens is 1. The number of furan rings is 1. The van der Waals surface area contributed by atoms with Crippen LogP contribution in [0.4, 0.5) is 5.69 Å². The smallest absolute Gasteiger partial charge is 0.287 e. The zero-order valence-corrected chi connectivity index (χ0v) is 17.9. The number of hydrogen-bond acceptors (Lipinski definition) is 5. The van der Waals surface area contributed by atoms with Crippen LogP contribution in [0.1, 0.15) is 21.9 Å². The van der Waals surface area contributed by atoms with Crippen LogP contribution < -0.4 is 15.4 Å². The molecule has 0 aliphatic rings. The van der Waals surface area contributed by atoms with E-state index in [0.29, 0.717) is 17.2 Å². The standard InChI is InChI=1S/C22H21BrN2O5/c1-28-14-21(26)25-17-6-2-4-15(10-17)12-24-22(27)20-9-8-19(30-20)13-29-18-7-3-5-16(23)11-18/h2-11H,12-14H2,1H3,(H,24,27)(H,25,26).